The van der Waals surface area contributed by atoms with Gasteiger partial charge in [-0.1, -0.05) is 42.6 Å². The van der Waals surface area contributed by atoms with E-state index in [9.17, 15) is 4.79 Å². The first kappa shape index (κ1) is 20.0. The Bertz CT molecular complexity index is 682. The van der Waals surface area contributed by atoms with E-state index in [-0.39, 0.29) is 11.9 Å². The van der Waals surface area contributed by atoms with E-state index >= 15 is 0 Å². The van der Waals surface area contributed by atoms with Crippen LogP contribution in [-0.4, -0.2) is 42.2 Å². The summed E-state index contributed by atoms with van der Waals surface area (Å²) >= 11 is 0. The Hall–Kier alpha value is -2.34. The van der Waals surface area contributed by atoms with Crippen LogP contribution in [0.1, 0.15) is 37.5 Å². The Morgan fingerprint density at radius 2 is 2.04 bits per heavy atom. The Kier molecular flexibility index (Phi) is 7.66. The second kappa shape index (κ2) is 9.97. The molecule has 2 aromatic rings. The van der Waals surface area contributed by atoms with Crippen LogP contribution < -0.4 is 10.1 Å². The van der Waals surface area contributed by atoms with Gasteiger partial charge in [0.25, 0.3) is 0 Å². The van der Waals surface area contributed by atoms with E-state index in [1.807, 2.05) is 43.1 Å². The summed E-state index contributed by atoms with van der Waals surface area (Å²) in [5, 5.41) is 6.68. The van der Waals surface area contributed by atoms with Gasteiger partial charge in [0.15, 0.2) is 5.82 Å². The third-order valence-corrected chi connectivity index (χ3v) is 4.28. The van der Waals surface area contributed by atoms with Crippen LogP contribution in [0.2, 0.25) is 0 Å². The number of aryl methyl sites for hydroxylation is 2. The maximum atomic E-state index is 12.7. The zero-order valence-electron chi connectivity index (χ0n) is 16.1. The van der Waals surface area contributed by atoms with Gasteiger partial charge in [-0.2, -0.15) is 0 Å². The van der Waals surface area contributed by atoms with Crippen LogP contribution in [-0.2, 0) is 4.79 Å². The molecule has 1 aromatic carbocycles. The van der Waals surface area contributed by atoms with Gasteiger partial charge in [0, 0.05) is 12.6 Å². The molecule has 1 aromatic heterocycles. The third-order valence-electron chi connectivity index (χ3n) is 4.28. The molecule has 142 valence electrons. The van der Waals surface area contributed by atoms with Gasteiger partial charge in [0.1, 0.15) is 18.1 Å². The molecule has 6 nitrogen and oxygen atoms in total. The number of hydrogen-bond acceptors (Lipinski definition) is 5. The average molecular weight is 359 g/mol. The first-order valence-corrected chi connectivity index (χ1v) is 9.13. The molecule has 1 unspecified atom stereocenters. The highest BCUT2D eigenvalue weighted by Crippen LogP contribution is 2.14. The fourth-order valence-electron chi connectivity index (χ4n) is 2.68. The van der Waals surface area contributed by atoms with E-state index in [1.165, 1.54) is 5.56 Å². The minimum Gasteiger partial charge on any atom is -0.492 e. The first-order chi connectivity index (χ1) is 12.5. The van der Waals surface area contributed by atoms with Crippen LogP contribution in [0.25, 0.3) is 0 Å². The van der Waals surface area contributed by atoms with Crippen molar-refractivity contribution in [2.75, 3.05) is 25.5 Å². The van der Waals surface area contributed by atoms with Crippen molar-refractivity contribution in [2.45, 2.75) is 46.1 Å². The van der Waals surface area contributed by atoms with Gasteiger partial charge in [-0.15, -0.1) is 0 Å². The van der Waals surface area contributed by atoms with E-state index in [2.05, 4.69) is 17.4 Å². The molecule has 6 heteroatoms. The molecule has 1 atom stereocenters. The molecule has 26 heavy (non-hydrogen) atoms. The molecular formula is C20H29N3O3. The smallest absolute Gasteiger partial charge is 0.242 e. The van der Waals surface area contributed by atoms with E-state index in [4.69, 9.17) is 9.26 Å². The Morgan fingerprint density at radius 3 is 2.65 bits per heavy atom. The predicted molar refractivity (Wildman–Crippen MR) is 102 cm³/mol. The van der Waals surface area contributed by atoms with Crippen molar-refractivity contribution >= 4 is 11.7 Å². The summed E-state index contributed by atoms with van der Waals surface area (Å²) in [6, 6.07) is 9.46. The van der Waals surface area contributed by atoms with E-state index in [0.29, 0.717) is 24.7 Å². The molecule has 0 saturated carbocycles. The standard InChI is InChI=1S/C20H29N3O3/c1-5-6-7-18(20(24)21-19-14-16(3)26-22-19)23(4)12-13-25-17-10-8-15(2)9-11-17/h8-11,14,18H,5-7,12-13H2,1-4H3,(H,21,22,24). The molecule has 0 saturated heterocycles. The Morgan fingerprint density at radius 1 is 1.31 bits per heavy atom. The molecule has 0 bridgehead atoms. The molecule has 0 radical (unpaired) electrons. The third kappa shape index (κ3) is 6.19. The lowest BCUT2D eigenvalue weighted by atomic mass is 10.1. The van der Waals surface area contributed by atoms with Crippen LogP contribution in [0.15, 0.2) is 34.9 Å². The summed E-state index contributed by atoms with van der Waals surface area (Å²) < 4.78 is 10.8. The molecule has 2 rings (SSSR count). The molecule has 0 fully saturated rings. The largest absolute Gasteiger partial charge is 0.492 e. The van der Waals surface area contributed by atoms with E-state index in [1.54, 1.807) is 13.0 Å². The second-order valence-corrected chi connectivity index (χ2v) is 6.61. The number of unbranched alkanes of at least 4 members (excludes halogenated alkanes) is 1. The van der Waals surface area contributed by atoms with Gasteiger partial charge in [-0.25, -0.2) is 0 Å². The Balaban J connectivity index is 1.89. The number of carbonyl (C=O) groups excluding carboxylic acids is 1. The van der Waals surface area contributed by atoms with Crippen molar-refractivity contribution in [1.82, 2.24) is 10.1 Å². The molecule has 0 aliphatic heterocycles. The predicted octanol–water partition coefficient (Wildman–Crippen LogP) is 3.80. The van der Waals surface area contributed by atoms with Gasteiger partial charge in [0.2, 0.25) is 5.91 Å². The van der Waals surface area contributed by atoms with Crippen molar-refractivity contribution in [3.63, 3.8) is 0 Å². The molecule has 0 aliphatic carbocycles. The number of nitrogens with one attached hydrogen (secondary N) is 1. The van der Waals surface area contributed by atoms with E-state index in [0.717, 1.165) is 25.0 Å². The number of aromatic nitrogens is 1. The highest BCUT2D eigenvalue weighted by atomic mass is 16.5. The van der Waals surface area contributed by atoms with Gasteiger partial charge in [-0.3, -0.25) is 9.69 Å². The number of anilines is 1. The highest BCUT2D eigenvalue weighted by molar-refractivity contribution is 5.93. The number of likely N-dealkylation sites (N-methyl/N-ethyl adjacent to an activating group) is 1. The van der Waals surface area contributed by atoms with Gasteiger partial charge < -0.3 is 14.6 Å². The quantitative estimate of drug-likeness (QED) is 0.699. The molecule has 0 aliphatic rings. The monoisotopic (exact) mass is 359 g/mol. The maximum Gasteiger partial charge on any atom is 0.242 e. The van der Waals surface area contributed by atoms with Crippen LogP contribution in [0.3, 0.4) is 0 Å². The van der Waals surface area contributed by atoms with Gasteiger partial charge in [0.05, 0.1) is 6.04 Å². The number of nitrogens with zero attached hydrogens (tertiary/aromatic N) is 2. The van der Waals surface area contributed by atoms with Crippen molar-refractivity contribution < 1.29 is 14.1 Å². The number of carbonyl (C=O) groups is 1. The van der Waals surface area contributed by atoms with Crippen molar-refractivity contribution in [3.8, 4) is 5.75 Å². The fourth-order valence-corrected chi connectivity index (χ4v) is 2.68. The van der Waals surface area contributed by atoms with Crippen LogP contribution in [0.5, 0.6) is 5.75 Å². The minimum absolute atomic E-state index is 0.0652. The van der Waals surface area contributed by atoms with Gasteiger partial charge in [-0.05, 0) is 39.4 Å². The normalized spacial score (nSPS) is 12.2. The number of ether oxygens (including phenoxy) is 1. The lowest BCUT2D eigenvalue weighted by Gasteiger charge is -2.26. The number of benzene rings is 1. The molecule has 1 heterocycles. The van der Waals surface area contributed by atoms with Crippen LogP contribution >= 0.6 is 0 Å². The van der Waals surface area contributed by atoms with E-state index < -0.39 is 0 Å². The first-order valence-electron chi connectivity index (χ1n) is 9.13. The summed E-state index contributed by atoms with van der Waals surface area (Å²) in [5.41, 5.74) is 1.20. The molecule has 1 amide bonds. The van der Waals surface area contributed by atoms with Crippen molar-refractivity contribution in [1.29, 1.82) is 0 Å². The van der Waals surface area contributed by atoms with Crippen LogP contribution in [0.4, 0.5) is 5.82 Å². The zero-order chi connectivity index (χ0) is 18.9. The number of rotatable bonds is 10. The summed E-state index contributed by atoms with van der Waals surface area (Å²) in [6.45, 7) is 7.15. The number of amides is 1. The summed E-state index contributed by atoms with van der Waals surface area (Å²) in [6.07, 6.45) is 2.82. The molecule has 0 spiro atoms. The number of hydrogen-bond donors (Lipinski definition) is 1. The minimum atomic E-state index is -0.228. The lowest BCUT2D eigenvalue weighted by Crippen LogP contribution is -2.43. The van der Waals surface area contributed by atoms with Crippen molar-refractivity contribution in [2.24, 2.45) is 0 Å². The SMILES string of the molecule is CCCCC(C(=O)Nc1cc(C)on1)N(C)CCOc1ccc(C)cc1. The van der Waals surface area contributed by atoms with Crippen LogP contribution in [0, 0.1) is 13.8 Å². The second-order valence-electron chi connectivity index (χ2n) is 6.61. The fraction of sp³-hybridized carbons (Fsp3) is 0.500. The highest BCUT2D eigenvalue weighted by Gasteiger charge is 2.23. The molecular weight excluding hydrogens is 330 g/mol. The van der Waals surface area contributed by atoms with Gasteiger partial charge >= 0.3 is 0 Å². The summed E-state index contributed by atoms with van der Waals surface area (Å²) in [4.78, 5) is 14.7. The zero-order valence-corrected chi connectivity index (χ0v) is 16.1. The maximum absolute atomic E-state index is 12.7. The Labute approximate surface area is 155 Å². The topological polar surface area (TPSA) is 67.6 Å². The summed E-state index contributed by atoms with van der Waals surface area (Å²) in [5.74, 6) is 1.91. The summed E-state index contributed by atoms with van der Waals surface area (Å²) in [7, 11) is 1.95. The molecule has 1 N–H and O–H groups in total. The average Bonchev–Trinajstić information content (AvgIpc) is 3.02. The lowest BCUT2D eigenvalue weighted by molar-refractivity contribution is -0.121. The van der Waals surface area contributed by atoms with Crippen molar-refractivity contribution in [3.05, 3.63) is 41.7 Å².